The molecule has 5 nitrogen and oxygen atoms in total. The zero-order chi connectivity index (χ0) is 21.0. The molecule has 0 atom stereocenters. The number of amides is 1. The Balaban J connectivity index is 1.79. The maximum absolute atomic E-state index is 13.1. The predicted octanol–water partition coefficient (Wildman–Crippen LogP) is 4.57. The molecule has 2 aromatic rings. The van der Waals surface area contributed by atoms with Gasteiger partial charge < -0.3 is 4.90 Å². The Morgan fingerprint density at radius 2 is 1.72 bits per heavy atom. The van der Waals surface area contributed by atoms with Gasteiger partial charge in [0.25, 0.3) is 5.91 Å². The van der Waals surface area contributed by atoms with Crippen LogP contribution >= 0.6 is 11.6 Å². The first-order valence-corrected chi connectivity index (χ1v) is 11.7. The lowest BCUT2D eigenvalue weighted by atomic mass is 9.96. The number of benzene rings is 2. The average Bonchev–Trinajstić information content (AvgIpc) is 2.75. The fourth-order valence-electron chi connectivity index (χ4n) is 3.77. The van der Waals surface area contributed by atoms with Crippen molar-refractivity contribution in [1.29, 1.82) is 0 Å². The van der Waals surface area contributed by atoms with E-state index in [9.17, 15) is 13.2 Å². The lowest BCUT2D eigenvalue weighted by Crippen LogP contribution is -2.38. The molecule has 0 radical (unpaired) electrons. The smallest absolute Gasteiger partial charge is 0.253 e. The molecular formula is C22H27ClN2O3S. The van der Waals surface area contributed by atoms with E-state index in [-0.39, 0.29) is 16.8 Å². The number of carbonyl (C=O) groups excluding carboxylic acids is 1. The fraction of sp³-hybridized carbons (Fsp3) is 0.409. The van der Waals surface area contributed by atoms with Crippen LogP contribution in [0.5, 0.6) is 0 Å². The number of rotatable bonds is 6. The normalized spacial score (nSPS) is 15.4. The minimum absolute atomic E-state index is 0.0241. The zero-order valence-corrected chi connectivity index (χ0v) is 18.4. The van der Waals surface area contributed by atoms with Crippen molar-refractivity contribution < 1.29 is 13.2 Å². The second-order valence-electron chi connectivity index (χ2n) is 7.59. The van der Waals surface area contributed by atoms with E-state index in [1.54, 1.807) is 38.4 Å². The van der Waals surface area contributed by atoms with E-state index in [4.69, 9.17) is 11.6 Å². The molecule has 0 aliphatic heterocycles. The molecule has 0 saturated heterocycles. The van der Waals surface area contributed by atoms with E-state index >= 15 is 0 Å². The van der Waals surface area contributed by atoms with Crippen molar-refractivity contribution in [1.82, 2.24) is 9.21 Å². The van der Waals surface area contributed by atoms with E-state index in [1.165, 1.54) is 15.3 Å². The number of hydrogen-bond acceptors (Lipinski definition) is 3. The molecule has 0 unspecified atom stereocenters. The van der Waals surface area contributed by atoms with Gasteiger partial charge in [0.05, 0.1) is 4.90 Å². The van der Waals surface area contributed by atoms with Crippen molar-refractivity contribution in [3.05, 3.63) is 64.7 Å². The van der Waals surface area contributed by atoms with Gasteiger partial charge >= 0.3 is 0 Å². The van der Waals surface area contributed by atoms with Crippen LogP contribution in [-0.2, 0) is 16.6 Å². The van der Waals surface area contributed by atoms with E-state index in [1.807, 2.05) is 18.2 Å². The van der Waals surface area contributed by atoms with Gasteiger partial charge in [0, 0.05) is 37.3 Å². The molecule has 0 heterocycles. The highest BCUT2D eigenvalue weighted by molar-refractivity contribution is 7.89. The van der Waals surface area contributed by atoms with E-state index in [0.29, 0.717) is 17.1 Å². The molecule has 7 heteroatoms. The first kappa shape index (κ1) is 21.8. The van der Waals surface area contributed by atoms with E-state index in [2.05, 4.69) is 0 Å². The summed E-state index contributed by atoms with van der Waals surface area (Å²) in [5, 5.41) is 0.595. The van der Waals surface area contributed by atoms with Crippen molar-refractivity contribution in [2.75, 3.05) is 14.1 Å². The van der Waals surface area contributed by atoms with Gasteiger partial charge in [-0.25, -0.2) is 8.42 Å². The molecule has 0 spiro atoms. The summed E-state index contributed by atoms with van der Waals surface area (Å²) < 4.78 is 27.7. The van der Waals surface area contributed by atoms with Crippen molar-refractivity contribution in [2.45, 2.75) is 49.6 Å². The molecule has 156 valence electrons. The lowest BCUT2D eigenvalue weighted by Gasteiger charge is -2.30. The highest BCUT2D eigenvalue weighted by Gasteiger charge is 2.29. The minimum atomic E-state index is -3.64. The Hall–Kier alpha value is -1.89. The molecule has 1 aliphatic rings. The van der Waals surface area contributed by atoms with Crippen molar-refractivity contribution in [2.24, 2.45) is 0 Å². The van der Waals surface area contributed by atoms with Gasteiger partial charge in [0.1, 0.15) is 0 Å². The Kier molecular flexibility index (Phi) is 6.98. The van der Waals surface area contributed by atoms with Crippen molar-refractivity contribution in [3.8, 4) is 0 Å². The SMILES string of the molecule is CN(Cc1ccccc1Cl)C(=O)c1cccc(S(=O)(=O)N(C)C2CCCCC2)c1. The van der Waals surface area contributed by atoms with Gasteiger partial charge in [0.15, 0.2) is 0 Å². The maximum Gasteiger partial charge on any atom is 0.253 e. The van der Waals surface area contributed by atoms with Crippen LogP contribution in [0.15, 0.2) is 53.4 Å². The predicted molar refractivity (Wildman–Crippen MR) is 116 cm³/mol. The van der Waals surface area contributed by atoms with Crippen molar-refractivity contribution in [3.63, 3.8) is 0 Å². The molecule has 0 N–H and O–H groups in total. The fourth-order valence-corrected chi connectivity index (χ4v) is 5.43. The van der Waals surface area contributed by atoms with Crippen LogP contribution in [-0.4, -0.2) is 43.7 Å². The van der Waals surface area contributed by atoms with Gasteiger partial charge in [-0.2, -0.15) is 4.31 Å². The van der Waals surface area contributed by atoms with Crippen LogP contribution < -0.4 is 0 Å². The van der Waals surface area contributed by atoms with Gasteiger partial charge in [-0.15, -0.1) is 0 Å². The third-order valence-corrected chi connectivity index (χ3v) is 7.83. The quantitative estimate of drug-likeness (QED) is 0.669. The lowest BCUT2D eigenvalue weighted by molar-refractivity contribution is 0.0785. The summed E-state index contributed by atoms with van der Waals surface area (Å²) in [5.41, 5.74) is 1.18. The molecule has 29 heavy (non-hydrogen) atoms. The van der Waals surface area contributed by atoms with Gasteiger partial charge in [0.2, 0.25) is 10.0 Å². The molecule has 0 bridgehead atoms. The summed E-state index contributed by atoms with van der Waals surface area (Å²) >= 11 is 6.19. The average molecular weight is 435 g/mol. The van der Waals surface area contributed by atoms with E-state index in [0.717, 1.165) is 37.7 Å². The standard InChI is InChI=1S/C22H27ClN2O3S/c1-24(16-18-9-6-7-14-21(18)23)22(26)17-10-8-13-20(15-17)29(27,28)25(2)19-11-4-3-5-12-19/h6-10,13-15,19H,3-5,11-12,16H2,1-2H3. The summed E-state index contributed by atoms with van der Waals surface area (Å²) in [7, 11) is -0.321. The Bertz CT molecular complexity index is 972. The zero-order valence-electron chi connectivity index (χ0n) is 16.8. The van der Waals surface area contributed by atoms with Crippen molar-refractivity contribution >= 4 is 27.5 Å². The molecule has 3 rings (SSSR count). The van der Waals surface area contributed by atoms with Crippen LogP contribution in [0.4, 0.5) is 0 Å². The van der Waals surface area contributed by atoms with Crippen LogP contribution in [0.1, 0.15) is 48.0 Å². The third kappa shape index (κ3) is 5.00. The number of sulfonamides is 1. The van der Waals surface area contributed by atoms with Crippen LogP contribution in [0.25, 0.3) is 0 Å². The molecule has 1 aliphatic carbocycles. The van der Waals surface area contributed by atoms with E-state index < -0.39 is 10.0 Å². The highest BCUT2D eigenvalue weighted by atomic mass is 35.5. The number of nitrogens with zero attached hydrogens (tertiary/aromatic N) is 2. The molecule has 1 saturated carbocycles. The van der Waals surface area contributed by atoms with Crippen LogP contribution in [0, 0.1) is 0 Å². The minimum Gasteiger partial charge on any atom is -0.337 e. The number of hydrogen-bond donors (Lipinski definition) is 0. The number of carbonyl (C=O) groups is 1. The van der Waals surface area contributed by atoms with Gasteiger partial charge in [-0.1, -0.05) is 55.1 Å². The Morgan fingerprint density at radius 1 is 1.03 bits per heavy atom. The molecule has 1 fully saturated rings. The highest BCUT2D eigenvalue weighted by Crippen LogP contribution is 2.27. The molecule has 1 amide bonds. The number of halogens is 1. The summed E-state index contributed by atoms with van der Waals surface area (Å²) in [6, 6.07) is 13.7. The summed E-state index contributed by atoms with van der Waals surface area (Å²) in [6.07, 6.45) is 5.03. The van der Waals surface area contributed by atoms with Gasteiger partial charge in [-0.3, -0.25) is 4.79 Å². The summed E-state index contributed by atoms with van der Waals surface area (Å²) in [6.45, 7) is 0.345. The third-order valence-electron chi connectivity index (χ3n) is 5.56. The second kappa shape index (κ2) is 9.28. The van der Waals surface area contributed by atoms with Gasteiger partial charge in [-0.05, 0) is 42.7 Å². The second-order valence-corrected chi connectivity index (χ2v) is 10.00. The Labute approximate surface area is 178 Å². The summed E-state index contributed by atoms with van der Waals surface area (Å²) in [5.74, 6) is -0.248. The largest absolute Gasteiger partial charge is 0.337 e. The Morgan fingerprint density at radius 3 is 2.41 bits per heavy atom. The summed E-state index contributed by atoms with van der Waals surface area (Å²) in [4.78, 5) is 14.6. The first-order valence-electron chi connectivity index (χ1n) is 9.87. The van der Waals surface area contributed by atoms with Crippen LogP contribution in [0.3, 0.4) is 0 Å². The first-order chi connectivity index (χ1) is 13.8. The van der Waals surface area contributed by atoms with Crippen LogP contribution in [0.2, 0.25) is 5.02 Å². The molecule has 2 aromatic carbocycles. The molecule has 0 aromatic heterocycles. The monoisotopic (exact) mass is 434 g/mol. The molecular weight excluding hydrogens is 408 g/mol. The maximum atomic E-state index is 13.1. The topological polar surface area (TPSA) is 57.7 Å².